The molecule has 0 aromatic carbocycles. The van der Waals surface area contributed by atoms with E-state index in [2.05, 4.69) is 27.7 Å². The van der Waals surface area contributed by atoms with E-state index in [-0.39, 0.29) is 0 Å². The maximum atomic E-state index is 2.38. The first kappa shape index (κ1) is 17.0. The van der Waals surface area contributed by atoms with Crippen LogP contribution in [0, 0.1) is 11.8 Å². The molecule has 0 amide bonds. The summed E-state index contributed by atoms with van der Waals surface area (Å²) in [5.74, 6) is 2.02. The molecule has 0 heteroatoms. The quantitative estimate of drug-likeness (QED) is 0.338. The van der Waals surface area contributed by atoms with Gasteiger partial charge in [0.25, 0.3) is 0 Å². The van der Waals surface area contributed by atoms with Crippen molar-refractivity contribution < 1.29 is 0 Å². The van der Waals surface area contributed by atoms with Gasteiger partial charge in [-0.2, -0.15) is 0 Å². The molecule has 0 nitrogen and oxygen atoms in total. The molecule has 2 atom stereocenters. The predicted octanol–water partition coefficient (Wildman–Crippen LogP) is 6.59. The van der Waals surface area contributed by atoms with Gasteiger partial charge in [0.1, 0.15) is 0 Å². The molecule has 0 radical (unpaired) electrons. The zero-order valence-corrected chi connectivity index (χ0v) is 12.9. The molecule has 0 saturated carbocycles. The third-order valence-corrected chi connectivity index (χ3v) is 4.32. The summed E-state index contributed by atoms with van der Waals surface area (Å²) in [6.07, 6.45) is 15.8. The summed E-state index contributed by atoms with van der Waals surface area (Å²) < 4.78 is 0. The highest BCUT2D eigenvalue weighted by molar-refractivity contribution is 4.63. The van der Waals surface area contributed by atoms with Crippen molar-refractivity contribution >= 4 is 0 Å². The summed E-state index contributed by atoms with van der Waals surface area (Å²) in [6, 6.07) is 0. The molecule has 17 heavy (non-hydrogen) atoms. The van der Waals surface area contributed by atoms with E-state index < -0.39 is 0 Å². The van der Waals surface area contributed by atoms with Crippen molar-refractivity contribution in [3.05, 3.63) is 0 Å². The lowest BCUT2D eigenvalue weighted by Gasteiger charge is -2.19. The van der Waals surface area contributed by atoms with Crippen molar-refractivity contribution in [2.24, 2.45) is 11.8 Å². The van der Waals surface area contributed by atoms with Crippen LogP contribution < -0.4 is 0 Å². The number of unbranched alkanes of at least 4 members (excludes halogenated alkanes) is 3. The van der Waals surface area contributed by atoms with Gasteiger partial charge in [-0.15, -0.1) is 0 Å². The van der Waals surface area contributed by atoms with Crippen LogP contribution in [0.4, 0.5) is 0 Å². The SMILES string of the molecule is CCCCCC(CC)CCC(CC)CCCC. The van der Waals surface area contributed by atoms with Crippen molar-refractivity contribution in [1.29, 1.82) is 0 Å². The molecule has 2 unspecified atom stereocenters. The van der Waals surface area contributed by atoms with Gasteiger partial charge in [0.2, 0.25) is 0 Å². The second-order valence-corrected chi connectivity index (χ2v) is 5.76. The zero-order valence-electron chi connectivity index (χ0n) is 12.9. The number of hydrogen-bond acceptors (Lipinski definition) is 0. The molecule has 0 aromatic rings. The van der Waals surface area contributed by atoms with Gasteiger partial charge in [0, 0.05) is 0 Å². The lowest BCUT2D eigenvalue weighted by Crippen LogP contribution is -2.05. The van der Waals surface area contributed by atoms with Crippen molar-refractivity contribution in [2.75, 3.05) is 0 Å². The Morgan fingerprint density at radius 1 is 0.529 bits per heavy atom. The van der Waals surface area contributed by atoms with Gasteiger partial charge >= 0.3 is 0 Å². The van der Waals surface area contributed by atoms with Gasteiger partial charge in [-0.3, -0.25) is 0 Å². The molecule has 0 aliphatic heterocycles. The Kier molecular flexibility index (Phi) is 12.5. The molecule has 0 fully saturated rings. The first-order valence-corrected chi connectivity index (χ1v) is 8.28. The lowest BCUT2D eigenvalue weighted by atomic mass is 9.87. The summed E-state index contributed by atoms with van der Waals surface area (Å²) in [5, 5.41) is 0. The molecule has 0 aliphatic rings. The molecule has 0 aromatic heterocycles. The molecule has 0 N–H and O–H groups in total. The highest BCUT2D eigenvalue weighted by Gasteiger charge is 2.10. The van der Waals surface area contributed by atoms with Crippen molar-refractivity contribution in [2.45, 2.75) is 98.3 Å². The molecule has 0 aliphatic carbocycles. The zero-order chi connectivity index (χ0) is 12.9. The van der Waals surface area contributed by atoms with E-state index in [1.54, 1.807) is 0 Å². The van der Waals surface area contributed by atoms with Crippen molar-refractivity contribution in [1.82, 2.24) is 0 Å². The van der Waals surface area contributed by atoms with Gasteiger partial charge in [0.05, 0.1) is 0 Å². The molecular weight excluding hydrogens is 204 g/mol. The maximum absolute atomic E-state index is 2.38. The van der Waals surface area contributed by atoms with E-state index in [1.165, 1.54) is 70.6 Å². The minimum absolute atomic E-state index is 1.01. The Balaban J connectivity index is 3.69. The van der Waals surface area contributed by atoms with E-state index in [0.717, 1.165) is 11.8 Å². The topological polar surface area (TPSA) is 0 Å². The van der Waals surface area contributed by atoms with Crippen molar-refractivity contribution in [3.8, 4) is 0 Å². The average Bonchev–Trinajstić information content (AvgIpc) is 2.36. The fourth-order valence-corrected chi connectivity index (χ4v) is 2.75. The van der Waals surface area contributed by atoms with Crippen LogP contribution in [0.3, 0.4) is 0 Å². The standard InChI is InChI=1S/C17H36/c1-5-9-11-13-17(8-4)15-14-16(7-3)12-10-6-2/h16-17H,5-15H2,1-4H3. The number of rotatable bonds is 12. The molecule has 0 saturated heterocycles. The second kappa shape index (κ2) is 12.5. The van der Waals surface area contributed by atoms with E-state index in [4.69, 9.17) is 0 Å². The molecule has 0 spiro atoms. The minimum Gasteiger partial charge on any atom is -0.0654 e. The van der Waals surface area contributed by atoms with E-state index >= 15 is 0 Å². The highest BCUT2D eigenvalue weighted by Crippen LogP contribution is 2.25. The Bertz CT molecular complexity index is 139. The Hall–Kier alpha value is 0. The normalized spacial score (nSPS) is 14.8. The largest absolute Gasteiger partial charge is 0.0654 e. The molecule has 104 valence electrons. The van der Waals surface area contributed by atoms with Gasteiger partial charge in [0.15, 0.2) is 0 Å². The van der Waals surface area contributed by atoms with Crippen LogP contribution in [0.2, 0.25) is 0 Å². The third kappa shape index (κ3) is 9.68. The fourth-order valence-electron chi connectivity index (χ4n) is 2.75. The van der Waals surface area contributed by atoms with Crippen LogP contribution in [-0.2, 0) is 0 Å². The Morgan fingerprint density at radius 2 is 1.00 bits per heavy atom. The predicted molar refractivity (Wildman–Crippen MR) is 80.5 cm³/mol. The van der Waals surface area contributed by atoms with Crippen LogP contribution in [0.25, 0.3) is 0 Å². The molecule has 0 rings (SSSR count). The van der Waals surface area contributed by atoms with Crippen LogP contribution in [-0.4, -0.2) is 0 Å². The monoisotopic (exact) mass is 240 g/mol. The summed E-state index contributed by atoms with van der Waals surface area (Å²) in [7, 11) is 0. The van der Waals surface area contributed by atoms with Crippen LogP contribution in [0.15, 0.2) is 0 Å². The van der Waals surface area contributed by atoms with Gasteiger partial charge in [-0.05, 0) is 11.8 Å². The molecule has 0 bridgehead atoms. The Morgan fingerprint density at radius 3 is 1.41 bits per heavy atom. The van der Waals surface area contributed by atoms with Crippen molar-refractivity contribution in [3.63, 3.8) is 0 Å². The third-order valence-electron chi connectivity index (χ3n) is 4.32. The fraction of sp³-hybridized carbons (Fsp3) is 1.00. The minimum atomic E-state index is 1.01. The summed E-state index contributed by atoms with van der Waals surface area (Å²) in [6.45, 7) is 9.37. The van der Waals surface area contributed by atoms with E-state index in [9.17, 15) is 0 Å². The molecular formula is C17H36. The highest BCUT2D eigenvalue weighted by atomic mass is 14.2. The molecule has 0 heterocycles. The van der Waals surface area contributed by atoms with E-state index in [0.29, 0.717) is 0 Å². The van der Waals surface area contributed by atoms with Crippen LogP contribution in [0.5, 0.6) is 0 Å². The van der Waals surface area contributed by atoms with Crippen LogP contribution >= 0.6 is 0 Å². The van der Waals surface area contributed by atoms with E-state index in [1.807, 2.05) is 0 Å². The summed E-state index contributed by atoms with van der Waals surface area (Å²) >= 11 is 0. The van der Waals surface area contributed by atoms with Gasteiger partial charge < -0.3 is 0 Å². The smallest absolute Gasteiger partial charge is 0.0417 e. The maximum Gasteiger partial charge on any atom is -0.0417 e. The first-order chi connectivity index (χ1) is 8.28. The van der Waals surface area contributed by atoms with Gasteiger partial charge in [-0.1, -0.05) is 98.3 Å². The average molecular weight is 240 g/mol. The van der Waals surface area contributed by atoms with Gasteiger partial charge in [-0.25, -0.2) is 0 Å². The van der Waals surface area contributed by atoms with Crippen LogP contribution in [0.1, 0.15) is 98.3 Å². The summed E-state index contributed by atoms with van der Waals surface area (Å²) in [4.78, 5) is 0. The first-order valence-electron chi connectivity index (χ1n) is 8.28. The second-order valence-electron chi connectivity index (χ2n) is 5.76. The number of hydrogen-bond donors (Lipinski definition) is 0. The lowest BCUT2D eigenvalue weighted by molar-refractivity contribution is 0.336. The summed E-state index contributed by atoms with van der Waals surface area (Å²) in [5.41, 5.74) is 0. The Labute approximate surface area is 111 Å².